The zero-order chi connectivity index (χ0) is 22.9. The molecular weight excluding hydrogens is 470 g/mol. The van der Waals surface area contributed by atoms with E-state index in [0.29, 0.717) is 0 Å². The number of halogens is 6. The molecule has 0 bridgehead atoms. The van der Waals surface area contributed by atoms with Crippen LogP contribution >= 0.6 is 22.7 Å². The minimum atomic E-state index is -1.56. The van der Waals surface area contributed by atoms with Crippen LogP contribution in [0.1, 0.15) is 9.75 Å². The summed E-state index contributed by atoms with van der Waals surface area (Å²) in [6.45, 7) is 3.39. The first-order valence-electron chi connectivity index (χ1n) is 9.17. The van der Waals surface area contributed by atoms with Gasteiger partial charge in [-0.1, -0.05) is 0 Å². The molecule has 2 aromatic carbocycles. The maximum atomic E-state index is 15.2. The maximum Gasteiger partial charge on any atom is 0.187 e. The monoisotopic (exact) mass is 480 g/mol. The molecule has 2 nitrogen and oxygen atoms in total. The smallest absolute Gasteiger partial charge is 0.187 e. The van der Waals surface area contributed by atoms with Gasteiger partial charge in [-0.15, -0.1) is 22.7 Å². The molecule has 0 aliphatic heterocycles. The molecule has 0 radical (unpaired) electrons. The summed E-state index contributed by atoms with van der Waals surface area (Å²) >= 11 is 2.02. The third kappa shape index (κ3) is 2.93. The highest BCUT2D eigenvalue weighted by Gasteiger charge is 2.29. The molecule has 162 valence electrons. The van der Waals surface area contributed by atoms with Gasteiger partial charge in [0, 0.05) is 19.5 Å². The molecule has 0 amide bonds. The summed E-state index contributed by atoms with van der Waals surface area (Å²) in [6.07, 6.45) is 0. The van der Waals surface area contributed by atoms with Crippen LogP contribution in [0.4, 0.5) is 26.3 Å². The number of aromatic nitrogens is 2. The predicted molar refractivity (Wildman–Crippen MR) is 113 cm³/mol. The Morgan fingerprint density at radius 1 is 0.500 bits per heavy atom. The summed E-state index contributed by atoms with van der Waals surface area (Å²) in [7, 11) is 0. The van der Waals surface area contributed by atoms with E-state index < -0.39 is 68.1 Å². The van der Waals surface area contributed by atoms with Gasteiger partial charge in [-0.25, -0.2) is 36.3 Å². The fourth-order valence-corrected chi connectivity index (χ4v) is 5.28. The minimum absolute atomic E-state index is 0.0847. The quantitative estimate of drug-likeness (QED) is 0.147. The van der Waals surface area contributed by atoms with Crippen LogP contribution < -0.4 is 0 Å². The van der Waals surface area contributed by atoms with Crippen molar-refractivity contribution in [2.75, 3.05) is 0 Å². The van der Waals surface area contributed by atoms with Crippen molar-refractivity contribution in [3.63, 3.8) is 0 Å². The Bertz CT molecular complexity index is 1450. The topological polar surface area (TPSA) is 25.8 Å². The number of nitrogens with zero attached hydrogens (tertiary/aromatic N) is 2. The van der Waals surface area contributed by atoms with E-state index in [0.717, 1.165) is 32.4 Å². The largest absolute Gasteiger partial charge is 0.238 e. The molecule has 0 aliphatic carbocycles. The van der Waals surface area contributed by atoms with E-state index in [1.165, 1.54) is 12.1 Å². The van der Waals surface area contributed by atoms with Crippen molar-refractivity contribution in [2.24, 2.45) is 0 Å². The van der Waals surface area contributed by atoms with E-state index in [-0.39, 0.29) is 9.75 Å². The molecule has 0 atom stereocenters. The van der Waals surface area contributed by atoms with E-state index in [9.17, 15) is 17.6 Å². The third-order valence-electron chi connectivity index (χ3n) is 4.96. The van der Waals surface area contributed by atoms with Gasteiger partial charge in [-0.2, -0.15) is 0 Å². The fraction of sp³-hybridized carbons (Fsp3) is 0.0909. The number of hydrogen-bond donors (Lipinski definition) is 0. The number of benzene rings is 2. The second kappa shape index (κ2) is 7.28. The number of aryl methyl sites for hydroxylation is 2. The SMILES string of the molecule is Cc1ccc(-c2c(F)c(F)c3nc4c(F)c(-c5ccc(C)s5)c(F)c(F)c4nc3c2F)s1. The van der Waals surface area contributed by atoms with Gasteiger partial charge in [-0.3, -0.25) is 0 Å². The highest BCUT2D eigenvalue weighted by atomic mass is 32.1. The summed E-state index contributed by atoms with van der Waals surface area (Å²) in [5.74, 6) is -8.77. The lowest BCUT2D eigenvalue weighted by atomic mass is 10.1. The number of fused-ring (bicyclic) bond motifs is 2. The van der Waals surface area contributed by atoms with Gasteiger partial charge in [-0.05, 0) is 38.1 Å². The standard InChI is InChI=1S/C22H10F6N2S2/c1-7-3-5-9(31-7)11-13(23)17(27)21-19(15(11)25)29-22-18(28)14(24)12(16(26)20(22)30-21)10-6-4-8(2)32-10/h3-6H,1-2H3. The highest BCUT2D eigenvalue weighted by molar-refractivity contribution is 7.15. The molecule has 10 heteroatoms. The molecule has 0 aliphatic rings. The number of hydrogen-bond acceptors (Lipinski definition) is 4. The third-order valence-corrected chi connectivity index (χ3v) is 7.00. The maximum absolute atomic E-state index is 15.2. The Kier molecular flexibility index (Phi) is 4.75. The van der Waals surface area contributed by atoms with Crippen LogP contribution in [0.15, 0.2) is 24.3 Å². The van der Waals surface area contributed by atoms with Crippen molar-refractivity contribution in [1.82, 2.24) is 9.97 Å². The molecule has 0 N–H and O–H groups in total. The van der Waals surface area contributed by atoms with Gasteiger partial charge in [0.2, 0.25) is 0 Å². The molecule has 0 unspecified atom stereocenters. The molecule has 0 fully saturated rings. The summed E-state index contributed by atoms with van der Waals surface area (Å²) < 4.78 is 89.7. The molecular formula is C22H10F6N2S2. The first-order chi connectivity index (χ1) is 15.2. The predicted octanol–water partition coefficient (Wildman–Crippen LogP) is 7.69. The first-order valence-corrected chi connectivity index (χ1v) is 10.8. The highest BCUT2D eigenvalue weighted by Crippen LogP contribution is 2.40. The van der Waals surface area contributed by atoms with Gasteiger partial charge in [0.15, 0.2) is 34.9 Å². The van der Waals surface area contributed by atoms with Gasteiger partial charge in [0.1, 0.15) is 22.1 Å². The zero-order valence-corrected chi connectivity index (χ0v) is 17.9. The lowest BCUT2D eigenvalue weighted by molar-refractivity contribution is 0.503. The Balaban J connectivity index is 1.89. The first kappa shape index (κ1) is 20.9. The van der Waals surface area contributed by atoms with E-state index in [1.54, 1.807) is 26.0 Å². The summed E-state index contributed by atoms with van der Waals surface area (Å²) in [6, 6.07) is 5.98. The van der Waals surface area contributed by atoms with E-state index in [1.807, 2.05) is 0 Å². The van der Waals surface area contributed by atoms with Crippen molar-refractivity contribution in [3.8, 4) is 20.9 Å². The van der Waals surface area contributed by atoms with Crippen molar-refractivity contribution >= 4 is 44.7 Å². The second-order valence-electron chi connectivity index (χ2n) is 7.07. The molecule has 3 aromatic heterocycles. The van der Waals surface area contributed by atoms with Crippen molar-refractivity contribution < 1.29 is 26.3 Å². The Morgan fingerprint density at radius 2 is 0.844 bits per heavy atom. The van der Waals surface area contributed by atoms with Gasteiger partial charge in [0.05, 0.1) is 11.1 Å². The Labute approximate surface area is 184 Å². The molecule has 32 heavy (non-hydrogen) atoms. The van der Waals surface area contributed by atoms with Crippen LogP contribution in [0.2, 0.25) is 0 Å². The Hall–Kier alpha value is -2.98. The van der Waals surface area contributed by atoms with Crippen LogP contribution in [0.5, 0.6) is 0 Å². The molecule has 5 rings (SSSR count). The molecule has 3 heterocycles. The van der Waals surface area contributed by atoms with Crippen LogP contribution in [0, 0.1) is 48.8 Å². The molecule has 0 spiro atoms. The van der Waals surface area contributed by atoms with Gasteiger partial charge < -0.3 is 0 Å². The van der Waals surface area contributed by atoms with Crippen molar-refractivity contribution in [3.05, 3.63) is 68.9 Å². The van der Waals surface area contributed by atoms with Crippen molar-refractivity contribution in [1.29, 1.82) is 0 Å². The average molecular weight is 480 g/mol. The van der Waals surface area contributed by atoms with E-state index in [4.69, 9.17) is 0 Å². The lowest BCUT2D eigenvalue weighted by Gasteiger charge is -2.11. The van der Waals surface area contributed by atoms with Crippen LogP contribution in [0.25, 0.3) is 42.9 Å². The summed E-state index contributed by atoms with van der Waals surface area (Å²) in [5, 5.41) is 0. The summed E-state index contributed by atoms with van der Waals surface area (Å²) in [4.78, 5) is 8.89. The molecule has 0 saturated heterocycles. The normalized spacial score (nSPS) is 11.8. The van der Waals surface area contributed by atoms with Gasteiger partial charge >= 0.3 is 0 Å². The second-order valence-corrected chi connectivity index (χ2v) is 9.65. The fourth-order valence-electron chi connectivity index (χ4n) is 3.47. The van der Waals surface area contributed by atoms with Crippen LogP contribution in [-0.2, 0) is 0 Å². The van der Waals surface area contributed by atoms with Crippen molar-refractivity contribution in [2.45, 2.75) is 13.8 Å². The molecule has 5 aromatic rings. The number of rotatable bonds is 2. The van der Waals surface area contributed by atoms with Crippen LogP contribution in [-0.4, -0.2) is 9.97 Å². The Morgan fingerprint density at radius 3 is 1.16 bits per heavy atom. The van der Waals surface area contributed by atoms with E-state index >= 15 is 8.78 Å². The minimum Gasteiger partial charge on any atom is -0.238 e. The zero-order valence-electron chi connectivity index (χ0n) is 16.3. The van der Waals surface area contributed by atoms with Gasteiger partial charge in [0.25, 0.3) is 0 Å². The lowest BCUT2D eigenvalue weighted by Crippen LogP contribution is -2.05. The van der Waals surface area contributed by atoms with Crippen LogP contribution in [0.3, 0.4) is 0 Å². The molecule has 0 saturated carbocycles. The van der Waals surface area contributed by atoms with E-state index in [2.05, 4.69) is 9.97 Å². The number of thiophene rings is 2. The summed E-state index contributed by atoms with van der Waals surface area (Å²) in [5.41, 5.74) is -4.88. The average Bonchev–Trinajstić information content (AvgIpc) is 3.38.